The van der Waals surface area contributed by atoms with Crippen LogP contribution in [0.4, 0.5) is 0 Å². The van der Waals surface area contributed by atoms with E-state index in [1.807, 2.05) is 26.0 Å². The molecule has 0 radical (unpaired) electrons. The Kier molecular flexibility index (Phi) is 7.97. The summed E-state index contributed by atoms with van der Waals surface area (Å²) in [6, 6.07) is 5.47. The van der Waals surface area contributed by atoms with Crippen molar-refractivity contribution >= 4 is 22.4 Å². The SMILES string of the molecule is Cc1ccc(S(=O)(=O)N2CCC(OCCCN)CC2)c(C)c1.Cl. The first-order chi connectivity index (χ1) is 10.4. The van der Waals surface area contributed by atoms with E-state index < -0.39 is 10.0 Å². The molecule has 0 aromatic heterocycles. The van der Waals surface area contributed by atoms with E-state index in [-0.39, 0.29) is 18.5 Å². The summed E-state index contributed by atoms with van der Waals surface area (Å²) in [6.07, 6.45) is 2.49. The number of benzene rings is 1. The van der Waals surface area contributed by atoms with E-state index in [0.29, 0.717) is 31.1 Å². The third-order valence-corrected chi connectivity index (χ3v) is 6.11. The summed E-state index contributed by atoms with van der Waals surface area (Å²) in [7, 11) is -3.40. The number of piperidine rings is 1. The molecule has 0 amide bonds. The fraction of sp³-hybridized carbons (Fsp3) is 0.625. The number of nitrogens with zero attached hydrogens (tertiary/aromatic N) is 1. The van der Waals surface area contributed by atoms with Crippen LogP contribution in [0, 0.1) is 13.8 Å². The first-order valence-electron chi connectivity index (χ1n) is 7.84. The second-order valence-electron chi connectivity index (χ2n) is 5.89. The molecule has 1 saturated heterocycles. The van der Waals surface area contributed by atoms with Crippen LogP contribution in [0.15, 0.2) is 23.1 Å². The van der Waals surface area contributed by atoms with Gasteiger partial charge in [0.15, 0.2) is 0 Å². The lowest BCUT2D eigenvalue weighted by molar-refractivity contribution is 0.0209. The van der Waals surface area contributed by atoms with Crippen molar-refractivity contribution in [2.45, 2.75) is 44.1 Å². The molecule has 0 unspecified atom stereocenters. The van der Waals surface area contributed by atoms with E-state index in [1.54, 1.807) is 10.4 Å². The summed E-state index contributed by atoms with van der Waals surface area (Å²) >= 11 is 0. The van der Waals surface area contributed by atoms with Crippen LogP contribution in [0.5, 0.6) is 0 Å². The lowest BCUT2D eigenvalue weighted by Crippen LogP contribution is -2.41. The van der Waals surface area contributed by atoms with Crippen molar-refractivity contribution in [3.05, 3.63) is 29.3 Å². The molecule has 0 atom stereocenters. The fourth-order valence-corrected chi connectivity index (χ4v) is 4.48. The molecule has 2 N–H and O–H groups in total. The maximum Gasteiger partial charge on any atom is 0.243 e. The molecular formula is C16H27ClN2O3S. The lowest BCUT2D eigenvalue weighted by Gasteiger charge is -2.31. The van der Waals surface area contributed by atoms with Gasteiger partial charge in [-0.3, -0.25) is 0 Å². The molecular weight excluding hydrogens is 336 g/mol. The van der Waals surface area contributed by atoms with Gasteiger partial charge in [-0.2, -0.15) is 4.31 Å². The van der Waals surface area contributed by atoms with Crippen molar-refractivity contribution in [1.82, 2.24) is 4.31 Å². The van der Waals surface area contributed by atoms with Crippen LogP contribution in [-0.2, 0) is 14.8 Å². The Labute approximate surface area is 145 Å². The summed E-state index contributed by atoms with van der Waals surface area (Å²) in [5.74, 6) is 0. The Bertz CT molecular complexity index is 599. The first-order valence-corrected chi connectivity index (χ1v) is 9.28. The molecule has 23 heavy (non-hydrogen) atoms. The minimum Gasteiger partial charge on any atom is -0.378 e. The highest BCUT2D eigenvalue weighted by atomic mass is 35.5. The Morgan fingerprint density at radius 3 is 2.48 bits per heavy atom. The van der Waals surface area contributed by atoms with Crippen LogP contribution in [0.2, 0.25) is 0 Å². The van der Waals surface area contributed by atoms with E-state index in [4.69, 9.17) is 10.5 Å². The van der Waals surface area contributed by atoms with E-state index >= 15 is 0 Å². The zero-order chi connectivity index (χ0) is 16.2. The van der Waals surface area contributed by atoms with Gasteiger partial charge in [0, 0.05) is 19.7 Å². The average molecular weight is 363 g/mol. The fourth-order valence-electron chi connectivity index (χ4n) is 2.80. The van der Waals surface area contributed by atoms with Gasteiger partial charge in [0.1, 0.15) is 0 Å². The molecule has 0 aliphatic carbocycles. The minimum absolute atomic E-state index is 0. The van der Waals surface area contributed by atoms with Crippen LogP contribution in [0.3, 0.4) is 0 Å². The van der Waals surface area contributed by atoms with E-state index in [9.17, 15) is 8.42 Å². The van der Waals surface area contributed by atoms with Gasteiger partial charge in [-0.05, 0) is 51.3 Å². The number of nitrogens with two attached hydrogens (primary N) is 1. The molecule has 5 nitrogen and oxygen atoms in total. The van der Waals surface area contributed by atoms with Crippen LogP contribution in [0.1, 0.15) is 30.4 Å². The number of aryl methyl sites for hydroxylation is 2. The van der Waals surface area contributed by atoms with Crippen LogP contribution >= 0.6 is 12.4 Å². The average Bonchev–Trinajstić information content (AvgIpc) is 2.47. The predicted octanol–water partition coefficient (Wildman–Crippen LogP) is 2.24. The van der Waals surface area contributed by atoms with Crippen molar-refractivity contribution < 1.29 is 13.2 Å². The summed E-state index contributed by atoms with van der Waals surface area (Å²) in [4.78, 5) is 0.417. The molecule has 132 valence electrons. The van der Waals surface area contributed by atoms with Crippen molar-refractivity contribution in [2.75, 3.05) is 26.2 Å². The quantitative estimate of drug-likeness (QED) is 0.788. The Balaban J connectivity index is 0.00000264. The second kappa shape index (κ2) is 8.99. The van der Waals surface area contributed by atoms with Gasteiger partial charge in [0.25, 0.3) is 0 Å². The maximum atomic E-state index is 12.8. The second-order valence-corrected chi connectivity index (χ2v) is 7.79. The van der Waals surface area contributed by atoms with Crippen molar-refractivity contribution in [2.24, 2.45) is 5.73 Å². The van der Waals surface area contributed by atoms with Gasteiger partial charge in [0.05, 0.1) is 11.0 Å². The van der Waals surface area contributed by atoms with Crippen LogP contribution in [0.25, 0.3) is 0 Å². The smallest absolute Gasteiger partial charge is 0.243 e. The summed E-state index contributed by atoms with van der Waals surface area (Å²) < 4.78 is 32.8. The molecule has 1 fully saturated rings. The largest absolute Gasteiger partial charge is 0.378 e. The van der Waals surface area contributed by atoms with E-state index in [0.717, 1.165) is 30.4 Å². The normalized spacial score (nSPS) is 17.0. The first kappa shape index (κ1) is 20.4. The summed E-state index contributed by atoms with van der Waals surface area (Å²) in [6.45, 7) is 6.13. The maximum absolute atomic E-state index is 12.8. The van der Waals surface area contributed by atoms with Gasteiger partial charge in [-0.25, -0.2) is 8.42 Å². The zero-order valence-electron chi connectivity index (χ0n) is 13.8. The summed E-state index contributed by atoms with van der Waals surface area (Å²) in [5, 5.41) is 0. The zero-order valence-corrected chi connectivity index (χ0v) is 15.5. The Morgan fingerprint density at radius 2 is 1.91 bits per heavy atom. The number of rotatable bonds is 6. The highest BCUT2D eigenvalue weighted by molar-refractivity contribution is 7.89. The number of ether oxygens (including phenoxy) is 1. The van der Waals surface area contributed by atoms with Crippen LogP contribution in [-0.4, -0.2) is 45.1 Å². The van der Waals surface area contributed by atoms with Crippen molar-refractivity contribution in [3.8, 4) is 0 Å². The molecule has 0 spiro atoms. The third kappa shape index (κ3) is 5.16. The van der Waals surface area contributed by atoms with E-state index in [1.165, 1.54) is 0 Å². The standard InChI is InChI=1S/C16H26N2O3S.ClH/c1-13-4-5-16(14(2)12-13)22(19,20)18-9-6-15(7-10-18)21-11-3-8-17;/h4-5,12,15H,3,6-11,17H2,1-2H3;1H. The highest BCUT2D eigenvalue weighted by Gasteiger charge is 2.30. The lowest BCUT2D eigenvalue weighted by atomic mass is 10.1. The molecule has 1 aliphatic rings. The Hall–Kier alpha value is -0.660. The molecule has 1 aromatic rings. The van der Waals surface area contributed by atoms with Gasteiger partial charge >= 0.3 is 0 Å². The minimum atomic E-state index is -3.40. The summed E-state index contributed by atoms with van der Waals surface area (Å²) in [5.41, 5.74) is 7.32. The van der Waals surface area contributed by atoms with Gasteiger partial charge < -0.3 is 10.5 Å². The number of hydrogen-bond acceptors (Lipinski definition) is 4. The molecule has 1 heterocycles. The van der Waals surface area contributed by atoms with Gasteiger partial charge in [-0.1, -0.05) is 17.7 Å². The number of halogens is 1. The highest BCUT2D eigenvalue weighted by Crippen LogP contribution is 2.25. The molecule has 1 aromatic carbocycles. The predicted molar refractivity (Wildman–Crippen MR) is 94.6 cm³/mol. The number of sulfonamides is 1. The molecule has 2 rings (SSSR count). The number of hydrogen-bond donors (Lipinski definition) is 1. The molecule has 1 aliphatic heterocycles. The third-order valence-electron chi connectivity index (χ3n) is 4.05. The van der Waals surface area contributed by atoms with Crippen molar-refractivity contribution in [3.63, 3.8) is 0 Å². The van der Waals surface area contributed by atoms with Crippen LogP contribution < -0.4 is 5.73 Å². The van der Waals surface area contributed by atoms with Crippen molar-refractivity contribution in [1.29, 1.82) is 0 Å². The van der Waals surface area contributed by atoms with Gasteiger partial charge in [0.2, 0.25) is 10.0 Å². The topological polar surface area (TPSA) is 72.6 Å². The van der Waals surface area contributed by atoms with Gasteiger partial charge in [-0.15, -0.1) is 12.4 Å². The monoisotopic (exact) mass is 362 g/mol. The Morgan fingerprint density at radius 1 is 1.26 bits per heavy atom. The van der Waals surface area contributed by atoms with E-state index in [2.05, 4.69) is 0 Å². The molecule has 0 bridgehead atoms. The molecule has 7 heteroatoms. The molecule has 0 saturated carbocycles.